The van der Waals surface area contributed by atoms with Crippen molar-refractivity contribution in [2.24, 2.45) is 0 Å². The maximum atomic E-state index is 10.6. The van der Waals surface area contributed by atoms with Crippen LogP contribution in [0.4, 0.5) is 0 Å². The molecule has 1 aliphatic carbocycles. The zero-order valence-corrected chi connectivity index (χ0v) is 10.2. The molecule has 0 unspecified atom stereocenters. The minimum atomic E-state index is 0.729. The molecule has 0 radical (unpaired) electrons. The van der Waals surface area contributed by atoms with E-state index in [0.717, 1.165) is 44.7 Å². The van der Waals surface area contributed by atoms with Gasteiger partial charge in [0.1, 0.15) is 0 Å². The summed E-state index contributed by atoms with van der Waals surface area (Å²) in [5.41, 5.74) is 0. The van der Waals surface area contributed by atoms with E-state index in [9.17, 15) is 4.79 Å². The summed E-state index contributed by atoms with van der Waals surface area (Å²) in [4.78, 5) is 15.1. The van der Waals surface area contributed by atoms with Gasteiger partial charge in [0.2, 0.25) is 6.41 Å². The molecule has 0 bridgehead atoms. The van der Waals surface area contributed by atoms with Crippen molar-refractivity contribution in [3.63, 3.8) is 0 Å². The Morgan fingerprint density at radius 1 is 1.06 bits per heavy atom. The molecule has 1 aliphatic heterocycles. The smallest absolute Gasteiger partial charge is 0.209 e. The second kappa shape index (κ2) is 5.64. The third-order valence-electron chi connectivity index (χ3n) is 4.12. The van der Waals surface area contributed by atoms with Crippen molar-refractivity contribution in [3.8, 4) is 0 Å². The van der Waals surface area contributed by atoms with E-state index in [0.29, 0.717) is 0 Å². The third kappa shape index (κ3) is 2.74. The quantitative estimate of drug-likeness (QED) is 0.701. The minimum absolute atomic E-state index is 0.729. The van der Waals surface area contributed by atoms with Crippen LogP contribution in [0.2, 0.25) is 0 Å². The Labute approximate surface area is 98.0 Å². The summed E-state index contributed by atoms with van der Waals surface area (Å²) in [5, 5.41) is 3.37. The molecule has 92 valence electrons. The van der Waals surface area contributed by atoms with E-state index < -0.39 is 0 Å². The van der Waals surface area contributed by atoms with E-state index in [-0.39, 0.29) is 0 Å². The maximum absolute atomic E-state index is 10.6. The van der Waals surface area contributed by atoms with Crippen molar-refractivity contribution in [2.75, 3.05) is 33.2 Å². The van der Waals surface area contributed by atoms with Crippen LogP contribution < -0.4 is 5.32 Å². The van der Waals surface area contributed by atoms with Crippen LogP contribution in [0.5, 0.6) is 0 Å². The molecular weight excluding hydrogens is 202 g/mol. The van der Waals surface area contributed by atoms with Crippen LogP contribution in [0, 0.1) is 0 Å². The van der Waals surface area contributed by atoms with Crippen molar-refractivity contribution in [3.05, 3.63) is 0 Å². The predicted octanol–water partition coefficient (Wildman–Crippen LogP) is 0.291. The summed E-state index contributed by atoms with van der Waals surface area (Å²) in [6.45, 7) is 3.95. The van der Waals surface area contributed by atoms with Gasteiger partial charge in [0.05, 0.1) is 0 Å². The Bertz CT molecular complexity index is 218. The van der Waals surface area contributed by atoms with Gasteiger partial charge in [-0.1, -0.05) is 0 Å². The highest BCUT2D eigenvalue weighted by molar-refractivity contribution is 5.47. The number of carbonyl (C=O) groups excluding carboxylic acids is 1. The number of hydrogen-bond acceptors (Lipinski definition) is 3. The van der Waals surface area contributed by atoms with Gasteiger partial charge in [-0.3, -0.25) is 9.69 Å². The SMILES string of the molecule is CNC1CCC(N2CCN(C=O)CC2)CC1. The van der Waals surface area contributed by atoms with Gasteiger partial charge in [-0.2, -0.15) is 0 Å². The molecule has 1 saturated carbocycles. The summed E-state index contributed by atoms with van der Waals surface area (Å²) >= 11 is 0. The molecule has 0 aromatic rings. The first-order valence-electron chi connectivity index (χ1n) is 6.44. The number of rotatable bonds is 3. The lowest BCUT2D eigenvalue weighted by Crippen LogP contribution is -2.51. The van der Waals surface area contributed by atoms with Crippen molar-refractivity contribution in [1.82, 2.24) is 15.1 Å². The van der Waals surface area contributed by atoms with Gasteiger partial charge in [-0.15, -0.1) is 0 Å². The summed E-state index contributed by atoms with van der Waals surface area (Å²) < 4.78 is 0. The van der Waals surface area contributed by atoms with Crippen LogP contribution >= 0.6 is 0 Å². The summed E-state index contributed by atoms with van der Waals surface area (Å²) in [5.74, 6) is 0. The Morgan fingerprint density at radius 2 is 1.69 bits per heavy atom. The first-order valence-corrected chi connectivity index (χ1v) is 6.44. The van der Waals surface area contributed by atoms with Gasteiger partial charge >= 0.3 is 0 Å². The van der Waals surface area contributed by atoms with Crippen LogP contribution in [0.25, 0.3) is 0 Å². The standard InChI is InChI=1S/C12H23N3O/c1-13-11-2-4-12(5-3-11)15-8-6-14(10-16)7-9-15/h10-13H,2-9H2,1H3. The van der Waals surface area contributed by atoms with E-state index >= 15 is 0 Å². The highest BCUT2D eigenvalue weighted by atomic mass is 16.1. The number of carbonyl (C=O) groups is 1. The largest absolute Gasteiger partial charge is 0.343 e. The maximum Gasteiger partial charge on any atom is 0.209 e. The molecule has 0 atom stereocenters. The van der Waals surface area contributed by atoms with Gasteiger partial charge in [-0.25, -0.2) is 0 Å². The fourth-order valence-electron chi connectivity index (χ4n) is 2.94. The second-order valence-electron chi connectivity index (χ2n) is 4.97. The molecule has 1 heterocycles. The molecule has 0 spiro atoms. The lowest BCUT2D eigenvalue weighted by atomic mass is 9.90. The molecule has 1 saturated heterocycles. The van der Waals surface area contributed by atoms with E-state index in [1.54, 1.807) is 0 Å². The van der Waals surface area contributed by atoms with E-state index in [1.807, 2.05) is 4.90 Å². The highest BCUT2D eigenvalue weighted by Gasteiger charge is 2.27. The number of nitrogens with zero attached hydrogens (tertiary/aromatic N) is 2. The molecule has 1 N–H and O–H groups in total. The molecule has 1 amide bonds. The Hall–Kier alpha value is -0.610. The molecule has 4 nitrogen and oxygen atoms in total. The topological polar surface area (TPSA) is 35.6 Å². The van der Waals surface area contributed by atoms with Crippen molar-refractivity contribution in [1.29, 1.82) is 0 Å². The Morgan fingerprint density at radius 3 is 2.19 bits per heavy atom. The predicted molar refractivity (Wildman–Crippen MR) is 64.3 cm³/mol. The van der Waals surface area contributed by atoms with Crippen LogP contribution in [-0.4, -0.2) is 61.5 Å². The lowest BCUT2D eigenvalue weighted by molar-refractivity contribution is -0.120. The van der Waals surface area contributed by atoms with Crippen LogP contribution in [0.15, 0.2) is 0 Å². The number of piperazine rings is 1. The average Bonchev–Trinajstić information content (AvgIpc) is 2.39. The number of hydrogen-bond donors (Lipinski definition) is 1. The Kier molecular flexibility index (Phi) is 4.18. The summed E-state index contributed by atoms with van der Waals surface area (Å²) in [7, 11) is 2.06. The highest BCUT2D eigenvalue weighted by Crippen LogP contribution is 2.23. The fraction of sp³-hybridized carbons (Fsp3) is 0.917. The monoisotopic (exact) mass is 225 g/mol. The number of nitrogens with one attached hydrogen (secondary N) is 1. The molecule has 0 aromatic heterocycles. The van der Waals surface area contributed by atoms with E-state index in [2.05, 4.69) is 17.3 Å². The molecular formula is C12H23N3O. The van der Waals surface area contributed by atoms with Gasteiger partial charge in [0.15, 0.2) is 0 Å². The Balaban J connectivity index is 1.75. The lowest BCUT2D eigenvalue weighted by Gasteiger charge is -2.41. The molecule has 2 aliphatic rings. The molecule has 2 rings (SSSR count). The van der Waals surface area contributed by atoms with Crippen LogP contribution in [0.3, 0.4) is 0 Å². The second-order valence-corrected chi connectivity index (χ2v) is 4.97. The first kappa shape index (κ1) is 11.9. The summed E-state index contributed by atoms with van der Waals surface area (Å²) in [6, 6.07) is 1.49. The van der Waals surface area contributed by atoms with Crippen molar-refractivity contribution in [2.45, 2.75) is 37.8 Å². The average molecular weight is 225 g/mol. The van der Waals surface area contributed by atoms with Crippen LogP contribution in [0.1, 0.15) is 25.7 Å². The van der Waals surface area contributed by atoms with Crippen LogP contribution in [-0.2, 0) is 4.79 Å². The normalized spacial score (nSPS) is 32.7. The van der Waals surface area contributed by atoms with Crippen molar-refractivity contribution < 1.29 is 4.79 Å². The van der Waals surface area contributed by atoms with Gasteiger partial charge in [0.25, 0.3) is 0 Å². The molecule has 16 heavy (non-hydrogen) atoms. The number of amides is 1. The summed E-state index contributed by atoms with van der Waals surface area (Å²) in [6.07, 6.45) is 6.21. The zero-order chi connectivity index (χ0) is 11.4. The minimum Gasteiger partial charge on any atom is -0.343 e. The first-order chi connectivity index (χ1) is 7.83. The molecule has 0 aromatic carbocycles. The van der Waals surface area contributed by atoms with Gasteiger partial charge < -0.3 is 10.2 Å². The van der Waals surface area contributed by atoms with E-state index in [1.165, 1.54) is 25.7 Å². The van der Waals surface area contributed by atoms with Crippen molar-refractivity contribution >= 4 is 6.41 Å². The fourth-order valence-corrected chi connectivity index (χ4v) is 2.94. The molecule has 4 heteroatoms. The van der Waals surface area contributed by atoms with Gasteiger partial charge in [-0.05, 0) is 32.7 Å². The van der Waals surface area contributed by atoms with Gasteiger partial charge in [0, 0.05) is 38.3 Å². The molecule has 2 fully saturated rings. The third-order valence-corrected chi connectivity index (χ3v) is 4.12. The zero-order valence-electron chi connectivity index (χ0n) is 10.2. The van der Waals surface area contributed by atoms with E-state index in [4.69, 9.17) is 0 Å².